The Morgan fingerprint density at radius 1 is 1.27 bits per heavy atom. The van der Waals surface area contributed by atoms with Crippen molar-refractivity contribution in [3.8, 4) is 5.75 Å². The molecule has 0 saturated carbocycles. The Morgan fingerprint density at radius 3 is 2.73 bits per heavy atom. The lowest BCUT2D eigenvalue weighted by Gasteiger charge is -2.10. The van der Waals surface area contributed by atoms with Crippen molar-refractivity contribution in [3.05, 3.63) is 30.5 Å². The number of benzene rings is 1. The molecule has 0 saturated heterocycles. The molecule has 7 nitrogen and oxygen atoms in total. The predicted octanol–water partition coefficient (Wildman–Crippen LogP) is 1.27. The number of ether oxygens (including phenoxy) is 2. The van der Waals surface area contributed by atoms with Gasteiger partial charge in [-0.3, -0.25) is 9.59 Å². The molecule has 2 aromatic rings. The summed E-state index contributed by atoms with van der Waals surface area (Å²) in [6.45, 7) is 1.13. The second-order valence-corrected chi connectivity index (χ2v) is 4.73. The molecule has 1 aromatic heterocycles. The van der Waals surface area contributed by atoms with E-state index in [4.69, 9.17) is 10.5 Å². The van der Waals surface area contributed by atoms with Crippen LogP contribution in [-0.2, 0) is 19.1 Å². The Labute approximate surface area is 126 Å². The molecule has 0 aliphatic heterocycles. The standard InChI is InChI=1S/C15H16N2O5/c1-9(18)21-14(19)7-6-11(16)15(20)22-13-8-17-12-5-3-2-4-10(12)13/h2-5,8,11,17H,6-7,16H2,1H3/t11-/m0/s1. The van der Waals surface area contributed by atoms with Crippen molar-refractivity contribution in [2.45, 2.75) is 25.8 Å². The van der Waals surface area contributed by atoms with Gasteiger partial charge in [-0.15, -0.1) is 0 Å². The summed E-state index contributed by atoms with van der Waals surface area (Å²) in [6.07, 6.45) is 1.47. The highest BCUT2D eigenvalue weighted by atomic mass is 16.6. The first-order chi connectivity index (χ1) is 10.5. The van der Waals surface area contributed by atoms with Crippen LogP contribution in [0.25, 0.3) is 10.9 Å². The maximum atomic E-state index is 11.9. The molecule has 0 amide bonds. The predicted molar refractivity (Wildman–Crippen MR) is 77.9 cm³/mol. The Bertz CT molecular complexity index is 707. The number of H-pyrrole nitrogens is 1. The van der Waals surface area contributed by atoms with E-state index in [1.165, 1.54) is 0 Å². The van der Waals surface area contributed by atoms with Gasteiger partial charge < -0.3 is 20.2 Å². The molecule has 0 radical (unpaired) electrons. The number of carbonyl (C=O) groups excluding carboxylic acids is 3. The molecule has 22 heavy (non-hydrogen) atoms. The monoisotopic (exact) mass is 304 g/mol. The number of carbonyl (C=O) groups is 3. The van der Waals surface area contributed by atoms with Gasteiger partial charge in [0.15, 0.2) is 5.75 Å². The summed E-state index contributed by atoms with van der Waals surface area (Å²) >= 11 is 0. The Kier molecular flexibility index (Phi) is 4.90. The fraction of sp³-hybridized carbons (Fsp3) is 0.267. The molecule has 0 spiro atoms. The van der Waals surface area contributed by atoms with Gasteiger partial charge in [0.1, 0.15) is 6.04 Å². The van der Waals surface area contributed by atoms with Crippen molar-refractivity contribution in [3.63, 3.8) is 0 Å². The molecule has 0 unspecified atom stereocenters. The van der Waals surface area contributed by atoms with Crippen molar-refractivity contribution in [2.24, 2.45) is 5.73 Å². The molecule has 1 aromatic carbocycles. The van der Waals surface area contributed by atoms with Gasteiger partial charge in [-0.2, -0.15) is 0 Å². The summed E-state index contributed by atoms with van der Waals surface area (Å²) in [5, 5.41) is 0.763. The smallest absolute Gasteiger partial charge is 0.328 e. The summed E-state index contributed by atoms with van der Waals surface area (Å²) in [4.78, 5) is 36.7. The van der Waals surface area contributed by atoms with Gasteiger partial charge in [0.2, 0.25) is 0 Å². The van der Waals surface area contributed by atoms with Gasteiger partial charge in [0.05, 0.1) is 0 Å². The minimum Gasteiger partial charge on any atom is -0.423 e. The average molecular weight is 304 g/mol. The van der Waals surface area contributed by atoms with E-state index < -0.39 is 23.9 Å². The Morgan fingerprint density at radius 2 is 2.00 bits per heavy atom. The fourth-order valence-corrected chi connectivity index (χ4v) is 1.92. The van der Waals surface area contributed by atoms with Crippen molar-refractivity contribution < 1.29 is 23.9 Å². The lowest BCUT2D eigenvalue weighted by molar-refractivity contribution is -0.158. The second kappa shape index (κ2) is 6.86. The molecular weight excluding hydrogens is 288 g/mol. The number of hydrogen-bond donors (Lipinski definition) is 2. The number of rotatable bonds is 5. The maximum Gasteiger partial charge on any atom is 0.328 e. The highest BCUT2D eigenvalue weighted by Crippen LogP contribution is 2.25. The zero-order valence-electron chi connectivity index (χ0n) is 12.0. The van der Waals surface area contributed by atoms with E-state index in [-0.39, 0.29) is 12.8 Å². The maximum absolute atomic E-state index is 11.9. The number of aromatic amines is 1. The van der Waals surface area contributed by atoms with Crippen LogP contribution in [0.1, 0.15) is 19.8 Å². The van der Waals surface area contributed by atoms with E-state index in [1.54, 1.807) is 6.20 Å². The quantitative estimate of drug-likeness (QED) is 0.635. The molecule has 0 aliphatic rings. The molecule has 1 heterocycles. The first kappa shape index (κ1) is 15.7. The largest absolute Gasteiger partial charge is 0.423 e. The highest BCUT2D eigenvalue weighted by Gasteiger charge is 2.19. The minimum atomic E-state index is -0.979. The number of nitrogens with two attached hydrogens (primary N) is 1. The van der Waals surface area contributed by atoms with E-state index in [2.05, 4.69) is 9.72 Å². The summed E-state index contributed by atoms with van der Waals surface area (Å²) in [5.74, 6) is -1.69. The van der Waals surface area contributed by atoms with Crippen LogP contribution in [-0.4, -0.2) is 28.9 Å². The van der Waals surface area contributed by atoms with Crippen LogP contribution in [0, 0.1) is 0 Å². The molecule has 3 N–H and O–H groups in total. The van der Waals surface area contributed by atoms with E-state index in [9.17, 15) is 14.4 Å². The van der Waals surface area contributed by atoms with Crippen LogP contribution in [0.15, 0.2) is 30.5 Å². The topological polar surface area (TPSA) is 111 Å². The normalized spacial score (nSPS) is 11.9. The summed E-state index contributed by atoms with van der Waals surface area (Å²) in [5.41, 5.74) is 6.52. The number of nitrogens with one attached hydrogen (secondary N) is 1. The lowest BCUT2D eigenvalue weighted by Crippen LogP contribution is -2.34. The molecule has 7 heteroatoms. The van der Waals surface area contributed by atoms with Gasteiger partial charge in [-0.05, 0) is 18.6 Å². The molecule has 0 aliphatic carbocycles. The second-order valence-electron chi connectivity index (χ2n) is 4.73. The zero-order valence-corrected chi connectivity index (χ0v) is 12.0. The fourth-order valence-electron chi connectivity index (χ4n) is 1.92. The minimum absolute atomic E-state index is 0.0350. The van der Waals surface area contributed by atoms with E-state index >= 15 is 0 Å². The van der Waals surface area contributed by atoms with Crippen molar-refractivity contribution in [1.29, 1.82) is 0 Å². The van der Waals surface area contributed by atoms with Gasteiger partial charge in [-0.25, -0.2) is 4.79 Å². The van der Waals surface area contributed by atoms with Crippen molar-refractivity contribution in [1.82, 2.24) is 4.98 Å². The van der Waals surface area contributed by atoms with E-state index in [1.807, 2.05) is 24.3 Å². The van der Waals surface area contributed by atoms with Gasteiger partial charge in [0, 0.05) is 30.4 Å². The number of esters is 3. The summed E-state index contributed by atoms with van der Waals surface area (Å²) < 4.78 is 9.58. The Hall–Kier alpha value is -2.67. The molecular formula is C15H16N2O5. The van der Waals surface area contributed by atoms with Gasteiger partial charge in [-0.1, -0.05) is 12.1 Å². The van der Waals surface area contributed by atoms with Crippen molar-refractivity contribution in [2.75, 3.05) is 0 Å². The Balaban J connectivity index is 1.91. The van der Waals surface area contributed by atoms with Crippen LogP contribution in [0.5, 0.6) is 5.75 Å². The first-order valence-corrected chi connectivity index (χ1v) is 6.72. The molecule has 0 bridgehead atoms. The first-order valence-electron chi connectivity index (χ1n) is 6.72. The molecule has 116 valence electrons. The van der Waals surface area contributed by atoms with E-state index in [0.29, 0.717) is 5.75 Å². The SMILES string of the molecule is CC(=O)OC(=O)CC[C@H](N)C(=O)Oc1c[nH]c2ccccc12. The third-order valence-corrected chi connectivity index (χ3v) is 2.98. The van der Waals surface area contributed by atoms with Gasteiger partial charge in [0.25, 0.3) is 0 Å². The van der Waals surface area contributed by atoms with Crippen LogP contribution in [0.2, 0.25) is 0 Å². The lowest BCUT2D eigenvalue weighted by atomic mass is 10.2. The third kappa shape index (κ3) is 3.92. The van der Waals surface area contributed by atoms with Crippen molar-refractivity contribution >= 4 is 28.8 Å². The zero-order chi connectivity index (χ0) is 16.1. The summed E-state index contributed by atoms with van der Waals surface area (Å²) in [6, 6.07) is 6.37. The summed E-state index contributed by atoms with van der Waals surface area (Å²) in [7, 11) is 0. The van der Waals surface area contributed by atoms with Crippen LogP contribution >= 0.6 is 0 Å². The number of para-hydroxylation sites is 1. The molecule has 0 fully saturated rings. The van der Waals surface area contributed by atoms with E-state index in [0.717, 1.165) is 17.8 Å². The van der Waals surface area contributed by atoms with Crippen LogP contribution in [0.4, 0.5) is 0 Å². The van der Waals surface area contributed by atoms with Crippen LogP contribution in [0.3, 0.4) is 0 Å². The third-order valence-electron chi connectivity index (χ3n) is 2.98. The number of fused-ring (bicyclic) bond motifs is 1. The highest BCUT2D eigenvalue weighted by molar-refractivity contribution is 5.90. The number of aromatic nitrogens is 1. The average Bonchev–Trinajstić information content (AvgIpc) is 2.87. The number of hydrogen-bond acceptors (Lipinski definition) is 6. The molecule has 1 atom stereocenters. The van der Waals surface area contributed by atoms with Gasteiger partial charge >= 0.3 is 17.9 Å². The van der Waals surface area contributed by atoms with Crippen LogP contribution < -0.4 is 10.5 Å². The molecule has 2 rings (SSSR count).